The third-order valence-electron chi connectivity index (χ3n) is 3.44. The molecule has 100 valence electrons. The molecule has 2 aromatic rings. The molecule has 0 aliphatic carbocycles. The van der Waals surface area contributed by atoms with Gasteiger partial charge >= 0.3 is 0 Å². The van der Waals surface area contributed by atoms with Crippen LogP contribution < -0.4 is 0 Å². The number of rotatable bonds is 4. The number of aromatic nitrogens is 2. The van der Waals surface area contributed by atoms with Gasteiger partial charge < -0.3 is 0 Å². The van der Waals surface area contributed by atoms with Crippen molar-refractivity contribution in [2.24, 2.45) is 0 Å². The van der Waals surface area contributed by atoms with Crippen molar-refractivity contribution in [1.29, 1.82) is 0 Å². The molecule has 1 unspecified atom stereocenters. The lowest BCUT2D eigenvalue weighted by molar-refractivity contribution is 0.720. The Hall–Kier alpha value is -1.70. The molecule has 0 amide bonds. The van der Waals surface area contributed by atoms with Gasteiger partial charge in [0.15, 0.2) is 0 Å². The lowest BCUT2D eigenvalue weighted by Gasteiger charge is -2.13. The van der Waals surface area contributed by atoms with E-state index >= 15 is 0 Å². The minimum absolute atomic E-state index is 0.447. The van der Waals surface area contributed by atoms with E-state index in [4.69, 9.17) is 4.98 Å². The second kappa shape index (κ2) is 5.96. The van der Waals surface area contributed by atoms with Crippen LogP contribution in [-0.4, -0.2) is 9.97 Å². The molecule has 0 saturated heterocycles. The van der Waals surface area contributed by atoms with Crippen molar-refractivity contribution in [3.63, 3.8) is 0 Å². The zero-order valence-electron chi connectivity index (χ0n) is 12.2. The predicted molar refractivity (Wildman–Crippen MR) is 79.4 cm³/mol. The van der Waals surface area contributed by atoms with Gasteiger partial charge in [-0.1, -0.05) is 32.9 Å². The molecule has 1 atom stereocenters. The molecule has 0 radical (unpaired) electrons. The van der Waals surface area contributed by atoms with Crippen LogP contribution in [0, 0.1) is 6.92 Å². The van der Waals surface area contributed by atoms with Gasteiger partial charge in [-0.2, -0.15) is 0 Å². The summed E-state index contributed by atoms with van der Waals surface area (Å²) in [6, 6.07) is 10.6. The fourth-order valence-corrected chi connectivity index (χ4v) is 2.14. The maximum absolute atomic E-state index is 4.73. The number of nitrogens with zero attached hydrogens (tertiary/aromatic N) is 2. The van der Waals surface area contributed by atoms with E-state index in [9.17, 15) is 0 Å². The van der Waals surface area contributed by atoms with E-state index in [1.807, 2.05) is 13.1 Å². The van der Waals surface area contributed by atoms with Crippen LogP contribution in [0.4, 0.5) is 0 Å². The molecule has 0 aromatic carbocycles. The standard InChI is InChI=1S/C17H22N2/c1-12(2)17-7-5-6-16(19-17)10-13(3)15-9-8-14(4)18-11-15/h5-9,11-13H,10H2,1-4H3. The summed E-state index contributed by atoms with van der Waals surface area (Å²) in [5, 5.41) is 0. The van der Waals surface area contributed by atoms with Gasteiger partial charge in [0.05, 0.1) is 0 Å². The molecule has 0 bridgehead atoms. The molecule has 2 aromatic heterocycles. The average molecular weight is 254 g/mol. The van der Waals surface area contributed by atoms with E-state index in [0.29, 0.717) is 11.8 Å². The Morgan fingerprint density at radius 3 is 2.47 bits per heavy atom. The number of hydrogen-bond donors (Lipinski definition) is 0. The summed E-state index contributed by atoms with van der Waals surface area (Å²) in [5.74, 6) is 0.930. The summed E-state index contributed by atoms with van der Waals surface area (Å²) >= 11 is 0. The van der Waals surface area contributed by atoms with Crippen molar-refractivity contribution in [2.75, 3.05) is 0 Å². The summed E-state index contributed by atoms with van der Waals surface area (Å²) in [6.07, 6.45) is 2.94. The molecule has 2 rings (SSSR count). The smallest absolute Gasteiger partial charge is 0.0432 e. The van der Waals surface area contributed by atoms with Crippen molar-refractivity contribution in [3.05, 3.63) is 59.2 Å². The topological polar surface area (TPSA) is 25.8 Å². The summed E-state index contributed by atoms with van der Waals surface area (Å²) in [4.78, 5) is 9.10. The normalized spacial score (nSPS) is 12.7. The molecule has 0 N–H and O–H groups in total. The van der Waals surface area contributed by atoms with Crippen LogP contribution in [0.3, 0.4) is 0 Å². The second-order valence-corrected chi connectivity index (χ2v) is 5.55. The van der Waals surface area contributed by atoms with E-state index in [-0.39, 0.29) is 0 Å². The molecule has 0 saturated carbocycles. The summed E-state index contributed by atoms with van der Waals surface area (Å²) < 4.78 is 0. The number of pyridine rings is 2. The van der Waals surface area contributed by atoms with Crippen LogP contribution in [0.2, 0.25) is 0 Å². The molecular weight excluding hydrogens is 232 g/mol. The predicted octanol–water partition coefficient (Wildman–Crippen LogP) is 4.25. The first-order valence-electron chi connectivity index (χ1n) is 6.94. The van der Waals surface area contributed by atoms with Crippen LogP contribution >= 0.6 is 0 Å². The Morgan fingerprint density at radius 2 is 1.84 bits per heavy atom. The third-order valence-corrected chi connectivity index (χ3v) is 3.44. The van der Waals surface area contributed by atoms with Crippen LogP contribution in [-0.2, 0) is 6.42 Å². The van der Waals surface area contributed by atoms with Crippen molar-refractivity contribution < 1.29 is 0 Å². The Bertz CT molecular complexity index is 529. The van der Waals surface area contributed by atoms with Crippen molar-refractivity contribution >= 4 is 0 Å². The van der Waals surface area contributed by atoms with Crippen molar-refractivity contribution in [1.82, 2.24) is 9.97 Å². The monoisotopic (exact) mass is 254 g/mol. The Morgan fingerprint density at radius 1 is 1.05 bits per heavy atom. The summed E-state index contributed by atoms with van der Waals surface area (Å²) in [7, 11) is 0. The fraction of sp³-hybridized carbons (Fsp3) is 0.412. The zero-order valence-corrected chi connectivity index (χ0v) is 12.2. The lowest BCUT2D eigenvalue weighted by atomic mass is 9.97. The maximum atomic E-state index is 4.73. The molecule has 0 fully saturated rings. The molecule has 0 aliphatic heterocycles. The molecule has 2 nitrogen and oxygen atoms in total. The maximum Gasteiger partial charge on any atom is 0.0432 e. The Labute approximate surface area is 115 Å². The van der Waals surface area contributed by atoms with Gasteiger partial charge in [-0.3, -0.25) is 9.97 Å². The first-order valence-corrected chi connectivity index (χ1v) is 6.94. The van der Waals surface area contributed by atoms with Crippen molar-refractivity contribution in [2.45, 2.75) is 46.0 Å². The highest BCUT2D eigenvalue weighted by Gasteiger charge is 2.09. The average Bonchev–Trinajstić information content (AvgIpc) is 2.39. The third kappa shape index (κ3) is 3.63. The van der Waals surface area contributed by atoms with E-state index < -0.39 is 0 Å². The van der Waals surface area contributed by atoms with E-state index in [1.54, 1.807) is 0 Å². The zero-order chi connectivity index (χ0) is 13.8. The molecule has 2 heterocycles. The highest BCUT2D eigenvalue weighted by molar-refractivity contribution is 5.21. The first kappa shape index (κ1) is 13.7. The van der Waals surface area contributed by atoms with Gasteiger partial charge in [0.2, 0.25) is 0 Å². The van der Waals surface area contributed by atoms with E-state index in [0.717, 1.165) is 12.1 Å². The largest absolute Gasteiger partial charge is 0.261 e. The van der Waals surface area contributed by atoms with Gasteiger partial charge in [-0.25, -0.2) is 0 Å². The second-order valence-electron chi connectivity index (χ2n) is 5.55. The minimum atomic E-state index is 0.447. The molecule has 0 aliphatic rings. The molecule has 19 heavy (non-hydrogen) atoms. The molecule has 0 spiro atoms. The van der Waals surface area contributed by atoms with E-state index in [1.165, 1.54) is 17.0 Å². The summed E-state index contributed by atoms with van der Waals surface area (Å²) in [5.41, 5.74) is 4.68. The van der Waals surface area contributed by atoms with Gasteiger partial charge in [-0.15, -0.1) is 0 Å². The lowest BCUT2D eigenvalue weighted by Crippen LogP contribution is -2.03. The van der Waals surface area contributed by atoms with Gasteiger partial charge in [0.25, 0.3) is 0 Å². The van der Waals surface area contributed by atoms with E-state index in [2.05, 4.69) is 56.1 Å². The van der Waals surface area contributed by atoms with Crippen LogP contribution in [0.5, 0.6) is 0 Å². The molecule has 2 heteroatoms. The van der Waals surface area contributed by atoms with Gasteiger partial charge in [0, 0.05) is 23.3 Å². The Kier molecular flexibility index (Phi) is 4.31. The van der Waals surface area contributed by atoms with Crippen LogP contribution in [0.15, 0.2) is 36.5 Å². The number of aryl methyl sites for hydroxylation is 1. The quantitative estimate of drug-likeness (QED) is 0.815. The van der Waals surface area contributed by atoms with Crippen molar-refractivity contribution in [3.8, 4) is 0 Å². The fourth-order valence-electron chi connectivity index (χ4n) is 2.14. The number of hydrogen-bond acceptors (Lipinski definition) is 2. The van der Waals surface area contributed by atoms with Crippen LogP contribution in [0.25, 0.3) is 0 Å². The SMILES string of the molecule is Cc1ccc(C(C)Cc2cccc(C(C)C)n2)cn1. The highest BCUT2D eigenvalue weighted by atomic mass is 14.7. The minimum Gasteiger partial charge on any atom is -0.261 e. The first-order chi connectivity index (χ1) is 9.06. The van der Waals surface area contributed by atoms with Crippen LogP contribution in [0.1, 0.15) is 55.3 Å². The summed E-state index contributed by atoms with van der Waals surface area (Å²) in [6.45, 7) is 8.61. The van der Waals surface area contributed by atoms with Gasteiger partial charge in [0.1, 0.15) is 0 Å². The molecular formula is C17H22N2. The highest BCUT2D eigenvalue weighted by Crippen LogP contribution is 2.20. The Balaban J connectivity index is 2.12. The van der Waals surface area contributed by atoms with Gasteiger partial charge in [-0.05, 0) is 48.9 Å².